The summed E-state index contributed by atoms with van der Waals surface area (Å²) in [6.45, 7) is 0. The van der Waals surface area contributed by atoms with E-state index in [0.717, 1.165) is 18.0 Å². The Morgan fingerprint density at radius 2 is 2.00 bits per heavy atom. The first-order valence-electron chi connectivity index (χ1n) is 6.71. The molecule has 0 aliphatic heterocycles. The molecule has 0 saturated carbocycles. The summed E-state index contributed by atoms with van der Waals surface area (Å²) in [6, 6.07) is 7.20. The lowest BCUT2D eigenvalue weighted by molar-refractivity contribution is -0.157. The quantitative estimate of drug-likeness (QED) is 0.444. The van der Waals surface area contributed by atoms with Gasteiger partial charge in [0.2, 0.25) is 0 Å². The SMILES string of the molecule is CO/N=C(\CC(O)(Cc1c[nH]c2ccccc12)C(=O)O)C(=O)O. The van der Waals surface area contributed by atoms with Gasteiger partial charge in [-0.25, -0.2) is 9.59 Å². The third-order valence-corrected chi connectivity index (χ3v) is 3.46. The topological polar surface area (TPSA) is 132 Å². The summed E-state index contributed by atoms with van der Waals surface area (Å²) >= 11 is 0. The standard InChI is InChI=1S/C15H16N2O6/c1-23-17-12(13(18)19)7-15(22,14(20)21)6-9-8-16-11-5-3-2-4-10(9)11/h2-5,8,16,22H,6-7H2,1H3,(H,18,19)(H,20,21)/b17-12+. The highest BCUT2D eigenvalue weighted by molar-refractivity contribution is 6.36. The summed E-state index contributed by atoms with van der Waals surface area (Å²) in [7, 11) is 1.14. The number of benzene rings is 1. The van der Waals surface area contributed by atoms with E-state index in [-0.39, 0.29) is 6.42 Å². The summed E-state index contributed by atoms with van der Waals surface area (Å²) < 4.78 is 0. The average molecular weight is 320 g/mol. The highest BCUT2D eigenvalue weighted by atomic mass is 16.6. The summed E-state index contributed by atoms with van der Waals surface area (Å²) in [5.41, 5.74) is -1.54. The first-order valence-corrected chi connectivity index (χ1v) is 6.71. The zero-order chi connectivity index (χ0) is 17.0. The molecule has 122 valence electrons. The van der Waals surface area contributed by atoms with E-state index in [0.29, 0.717) is 5.56 Å². The van der Waals surface area contributed by atoms with Crippen LogP contribution in [0.25, 0.3) is 10.9 Å². The van der Waals surface area contributed by atoms with E-state index >= 15 is 0 Å². The van der Waals surface area contributed by atoms with Gasteiger partial charge in [0.1, 0.15) is 7.11 Å². The van der Waals surface area contributed by atoms with Crippen molar-refractivity contribution in [2.75, 3.05) is 7.11 Å². The van der Waals surface area contributed by atoms with Crippen LogP contribution in [0.2, 0.25) is 0 Å². The normalized spacial score (nSPS) is 14.4. The second kappa shape index (κ2) is 6.49. The van der Waals surface area contributed by atoms with Gasteiger partial charge in [0, 0.05) is 29.9 Å². The van der Waals surface area contributed by atoms with Crippen LogP contribution in [-0.2, 0) is 20.8 Å². The van der Waals surface area contributed by atoms with E-state index in [1.54, 1.807) is 18.3 Å². The predicted octanol–water partition coefficient (Wildman–Crippen LogP) is 1.00. The van der Waals surface area contributed by atoms with Crippen LogP contribution in [0.15, 0.2) is 35.6 Å². The molecular formula is C15H16N2O6. The van der Waals surface area contributed by atoms with Gasteiger partial charge in [0.05, 0.1) is 0 Å². The molecule has 4 N–H and O–H groups in total. The number of carbonyl (C=O) groups is 2. The molecule has 0 saturated heterocycles. The lowest BCUT2D eigenvalue weighted by Crippen LogP contribution is -2.44. The third kappa shape index (κ3) is 3.49. The minimum Gasteiger partial charge on any atom is -0.479 e. The first kappa shape index (κ1) is 16.5. The van der Waals surface area contributed by atoms with Gasteiger partial charge in [-0.05, 0) is 11.6 Å². The third-order valence-electron chi connectivity index (χ3n) is 3.46. The minimum atomic E-state index is -2.32. The van der Waals surface area contributed by atoms with Gasteiger partial charge in [-0.2, -0.15) is 0 Å². The molecule has 23 heavy (non-hydrogen) atoms. The Labute approximate surface area is 131 Å². The molecule has 8 heteroatoms. The second-order valence-electron chi connectivity index (χ2n) is 5.08. The lowest BCUT2D eigenvalue weighted by Gasteiger charge is -2.22. The predicted molar refractivity (Wildman–Crippen MR) is 81.3 cm³/mol. The Morgan fingerprint density at radius 3 is 2.61 bits per heavy atom. The highest BCUT2D eigenvalue weighted by Gasteiger charge is 2.40. The van der Waals surface area contributed by atoms with Crippen LogP contribution in [0.4, 0.5) is 0 Å². The number of hydrogen-bond donors (Lipinski definition) is 4. The summed E-state index contributed by atoms with van der Waals surface area (Å²) in [6.07, 6.45) is 0.625. The van der Waals surface area contributed by atoms with Gasteiger partial charge in [-0.15, -0.1) is 0 Å². The van der Waals surface area contributed by atoms with Crippen molar-refractivity contribution in [3.63, 3.8) is 0 Å². The molecular weight excluding hydrogens is 304 g/mol. The summed E-state index contributed by atoms with van der Waals surface area (Å²) in [5, 5.41) is 32.9. The second-order valence-corrected chi connectivity index (χ2v) is 5.08. The van der Waals surface area contributed by atoms with Gasteiger partial charge in [-0.3, -0.25) is 0 Å². The maximum atomic E-state index is 11.5. The van der Waals surface area contributed by atoms with Crippen molar-refractivity contribution in [2.45, 2.75) is 18.4 Å². The van der Waals surface area contributed by atoms with Gasteiger partial charge in [-0.1, -0.05) is 23.4 Å². The van der Waals surface area contributed by atoms with Crippen molar-refractivity contribution in [3.8, 4) is 0 Å². The van der Waals surface area contributed by atoms with Gasteiger partial charge in [0.25, 0.3) is 0 Å². The fourth-order valence-electron chi connectivity index (χ4n) is 2.34. The number of aromatic nitrogens is 1. The van der Waals surface area contributed by atoms with E-state index in [9.17, 15) is 19.8 Å². The molecule has 1 heterocycles. The maximum absolute atomic E-state index is 11.5. The lowest BCUT2D eigenvalue weighted by atomic mass is 9.89. The molecule has 8 nitrogen and oxygen atoms in total. The molecule has 0 amide bonds. The van der Waals surface area contributed by atoms with Crippen LogP contribution in [0.5, 0.6) is 0 Å². The van der Waals surface area contributed by atoms with Crippen molar-refractivity contribution < 1.29 is 29.7 Å². The Hall–Kier alpha value is -2.87. The highest BCUT2D eigenvalue weighted by Crippen LogP contribution is 2.25. The molecule has 1 aromatic carbocycles. The number of rotatable bonds is 7. The van der Waals surface area contributed by atoms with E-state index in [2.05, 4.69) is 15.0 Å². The molecule has 0 aliphatic carbocycles. The fourth-order valence-corrected chi connectivity index (χ4v) is 2.34. The Kier molecular flexibility index (Phi) is 4.65. The van der Waals surface area contributed by atoms with Crippen LogP contribution in [0.3, 0.4) is 0 Å². The van der Waals surface area contributed by atoms with E-state index in [1.807, 2.05) is 12.1 Å². The van der Waals surface area contributed by atoms with Crippen LogP contribution in [0, 0.1) is 0 Å². The average Bonchev–Trinajstić information content (AvgIpc) is 2.90. The number of nitrogens with one attached hydrogen (secondary N) is 1. The maximum Gasteiger partial charge on any atom is 0.353 e. The van der Waals surface area contributed by atoms with Crippen molar-refractivity contribution in [1.29, 1.82) is 0 Å². The largest absolute Gasteiger partial charge is 0.479 e. The van der Waals surface area contributed by atoms with Crippen molar-refractivity contribution >= 4 is 28.6 Å². The van der Waals surface area contributed by atoms with Crippen LogP contribution < -0.4 is 0 Å². The molecule has 1 aromatic heterocycles. The number of H-pyrrole nitrogens is 1. The molecule has 0 fully saturated rings. The van der Waals surface area contributed by atoms with Crippen molar-refractivity contribution in [3.05, 3.63) is 36.0 Å². The number of hydrogen-bond acceptors (Lipinski definition) is 5. The molecule has 2 rings (SSSR count). The van der Waals surface area contributed by atoms with Crippen molar-refractivity contribution in [2.24, 2.45) is 5.16 Å². The molecule has 1 unspecified atom stereocenters. The number of carboxylic acids is 2. The monoisotopic (exact) mass is 320 g/mol. The first-order chi connectivity index (χ1) is 10.9. The number of carboxylic acid groups (broad SMARTS) is 2. The number of aliphatic hydroxyl groups is 1. The van der Waals surface area contributed by atoms with E-state index < -0.39 is 29.7 Å². The van der Waals surface area contributed by atoms with Crippen LogP contribution in [-0.4, -0.2) is 50.7 Å². The molecule has 1 atom stereocenters. The summed E-state index contributed by atoms with van der Waals surface area (Å²) in [4.78, 5) is 29.9. The number of nitrogens with zero attached hydrogens (tertiary/aromatic N) is 1. The van der Waals surface area contributed by atoms with Gasteiger partial charge >= 0.3 is 11.9 Å². The molecule has 0 radical (unpaired) electrons. The van der Waals surface area contributed by atoms with Crippen LogP contribution in [0.1, 0.15) is 12.0 Å². The fraction of sp³-hybridized carbons (Fsp3) is 0.267. The number of oxime groups is 1. The number of aliphatic carboxylic acids is 2. The minimum absolute atomic E-state index is 0.275. The zero-order valence-corrected chi connectivity index (χ0v) is 12.3. The Balaban J connectivity index is 2.36. The summed E-state index contributed by atoms with van der Waals surface area (Å²) in [5.74, 6) is -2.99. The Bertz CT molecular complexity index is 766. The zero-order valence-electron chi connectivity index (χ0n) is 12.3. The number of para-hydroxylation sites is 1. The van der Waals surface area contributed by atoms with E-state index in [4.69, 9.17) is 5.11 Å². The van der Waals surface area contributed by atoms with Crippen LogP contribution >= 0.6 is 0 Å². The number of aromatic amines is 1. The molecule has 0 aliphatic rings. The van der Waals surface area contributed by atoms with E-state index in [1.165, 1.54) is 0 Å². The van der Waals surface area contributed by atoms with Gasteiger partial charge < -0.3 is 25.1 Å². The molecule has 0 bridgehead atoms. The molecule has 0 spiro atoms. The number of fused-ring (bicyclic) bond motifs is 1. The molecule has 2 aromatic rings. The van der Waals surface area contributed by atoms with Gasteiger partial charge in [0.15, 0.2) is 11.3 Å². The van der Waals surface area contributed by atoms with Crippen molar-refractivity contribution in [1.82, 2.24) is 4.98 Å². The smallest absolute Gasteiger partial charge is 0.353 e. The Morgan fingerprint density at radius 1 is 1.30 bits per heavy atom.